The second-order valence-electron chi connectivity index (χ2n) is 8.86. The summed E-state index contributed by atoms with van der Waals surface area (Å²) in [6.07, 6.45) is 12.4. The molecule has 0 spiro atoms. The van der Waals surface area contributed by atoms with Crippen molar-refractivity contribution in [3.8, 4) is 0 Å². The van der Waals surface area contributed by atoms with Crippen molar-refractivity contribution in [3.05, 3.63) is 58.2 Å². The van der Waals surface area contributed by atoms with E-state index in [9.17, 15) is 25.1 Å². The van der Waals surface area contributed by atoms with Crippen LogP contribution < -0.4 is 0 Å². The van der Waals surface area contributed by atoms with Gasteiger partial charge in [-0.15, -0.1) is 10.1 Å². The van der Waals surface area contributed by atoms with E-state index in [0.29, 0.717) is 12.3 Å². The molecule has 204 valence electrons. The number of rotatable bonds is 17. The van der Waals surface area contributed by atoms with Gasteiger partial charge in [0.25, 0.3) is 5.09 Å². The summed E-state index contributed by atoms with van der Waals surface area (Å²) in [6, 6.07) is 10.3. The first kappa shape index (κ1) is 31.5. The summed E-state index contributed by atoms with van der Waals surface area (Å²) in [4.78, 5) is 25.0. The first-order valence-corrected chi connectivity index (χ1v) is 12.9. The molecule has 0 aliphatic heterocycles. The number of hydrogen-bond donors (Lipinski definition) is 2. The zero-order valence-electron chi connectivity index (χ0n) is 21.5. The molecule has 0 bridgehead atoms. The summed E-state index contributed by atoms with van der Waals surface area (Å²) in [5.41, 5.74) is 1.29. The molecule has 0 aromatic heterocycles. The van der Waals surface area contributed by atoms with E-state index in [0.717, 1.165) is 57.8 Å². The molecule has 0 radical (unpaired) electrons. The van der Waals surface area contributed by atoms with Gasteiger partial charge in [0.1, 0.15) is 13.2 Å². The van der Waals surface area contributed by atoms with E-state index in [-0.39, 0.29) is 44.6 Å². The van der Waals surface area contributed by atoms with Crippen LogP contribution in [0.1, 0.15) is 70.3 Å². The molecule has 9 heteroatoms. The van der Waals surface area contributed by atoms with Crippen LogP contribution in [0.15, 0.2) is 42.5 Å². The number of carbonyl (C=O) groups excluding carboxylic acids is 1. The van der Waals surface area contributed by atoms with Crippen molar-refractivity contribution in [2.75, 3.05) is 26.4 Å². The van der Waals surface area contributed by atoms with Crippen molar-refractivity contribution < 1.29 is 34.4 Å². The van der Waals surface area contributed by atoms with E-state index in [2.05, 4.69) is 17.0 Å². The molecule has 1 aromatic rings. The molecule has 36 heavy (non-hydrogen) atoms. The molecular weight excluding hydrogens is 466 g/mol. The lowest BCUT2D eigenvalue weighted by atomic mass is 9.95. The minimum absolute atomic E-state index is 0.0970. The summed E-state index contributed by atoms with van der Waals surface area (Å²) in [5, 5.41) is 28.6. The van der Waals surface area contributed by atoms with Crippen molar-refractivity contribution in [3.63, 3.8) is 0 Å². The quantitative estimate of drug-likeness (QED) is 0.104. The highest BCUT2D eigenvalue weighted by Gasteiger charge is 2.25. The number of allylic oxidation sites excluding steroid dienone is 2. The van der Waals surface area contributed by atoms with Gasteiger partial charge in [-0.25, -0.2) is 0 Å². The van der Waals surface area contributed by atoms with Crippen LogP contribution in [0.2, 0.25) is 0 Å². The van der Waals surface area contributed by atoms with E-state index in [1.807, 2.05) is 37.3 Å². The summed E-state index contributed by atoms with van der Waals surface area (Å²) in [7, 11) is 0. The van der Waals surface area contributed by atoms with Crippen molar-refractivity contribution in [1.82, 2.24) is 0 Å². The third-order valence-electron chi connectivity index (χ3n) is 6.00. The van der Waals surface area contributed by atoms with Gasteiger partial charge >= 0.3 is 5.97 Å². The minimum atomic E-state index is -0.881. The lowest BCUT2D eigenvalue weighted by Crippen LogP contribution is -2.16. The lowest BCUT2D eigenvalue weighted by molar-refractivity contribution is -0.758. The van der Waals surface area contributed by atoms with Gasteiger partial charge in [-0.3, -0.25) is 4.79 Å². The van der Waals surface area contributed by atoms with E-state index < -0.39 is 5.09 Å². The van der Waals surface area contributed by atoms with Crippen LogP contribution >= 0.6 is 0 Å². The van der Waals surface area contributed by atoms with Crippen LogP contribution in [-0.2, 0) is 25.5 Å². The van der Waals surface area contributed by atoms with Crippen molar-refractivity contribution in [1.29, 1.82) is 0 Å². The summed E-state index contributed by atoms with van der Waals surface area (Å²) >= 11 is 0. The first-order valence-electron chi connectivity index (χ1n) is 12.9. The molecule has 2 rings (SSSR count). The van der Waals surface area contributed by atoms with Crippen molar-refractivity contribution in [2.24, 2.45) is 5.92 Å². The third-order valence-corrected chi connectivity index (χ3v) is 6.00. The largest absolute Gasteiger partial charge is 0.463 e. The smallest absolute Gasteiger partial charge is 0.305 e. The predicted molar refractivity (Wildman–Crippen MR) is 137 cm³/mol. The Morgan fingerprint density at radius 1 is 1.17 bits per heavy atom. The number of benzene rings is 1. The number of esters is 1. The number of hydrogen-bond acceptors (Lipinski definition) is 8. The summed E-state index contributed by atoms with van der Waals surface area (Å²) in [5.74, 6) is 0.168. The van der Waals surface area contributed by atoms with Gasteiger partial charge in [-0.1, -0.05) is 48.9 Å². The molecule has 1 fully saturated rings. The number of carbonyl (C=O) groups is 1. The summed E-state index contributed by atoms with van der Waals surface area (Å²) in [6.45, 7) is 2.27. The topological polar surface area (TPSA) is 128 Å². The zero-order chi connectivity index (χ0) is 26.4. The highest BCUT2D eigenvalue weighted by atomic mass is 17.0. The predicted octanol–water partition coefficient (Wildman–Crippen LogP) is 4.42. The Hall–Kier alpha value is -2.49. The Labute approximate surface area is 214 Å². The fourth-order valence-corrected chi connectivity index (χ4v) is 3.97. The number of aliphatic hydroxyl groups excluding tert-OH is 2. The SMILES string of the molecule is C/C=C\CCCC(=O)OCCOCCO[N+](=O)[O-].O[C@@H](CCc1ccccc1)CCC1CCC[C@H]1O. The Bertz CT molecular complexity index is 728. The molecule has 1 unspecified atom stereocenters. The minimum Gasteiger partial charge on any atom is -0.463 e. The van der Waals surface area contributed by atoms with Crippen LogP contribution in [0.25, 0.3) is 0 Å². The number of ether oxygens (including phenoxy) is 2. The molecule has 1 saturated carbocycles. The molecule has 0 amide bonds. The Kier molecular flexibility index (Phi) is 18.1. The molecular formula is C27H43NO8. The average molecular weight is 510 g/mol. The van der Waals surface area contributed by atoms with Gasteiger partial charge in [0, 0.05) is 6.42 Å². The second kappa shape index (κ2) is 20.7. The number of unbranched alkanes of at least 4 members (excludes halogenated alkanes) is 1. The maximum absolute atomic E-state index is 11.2. The van der Waals surface area contributed by atoms with Crippen LogP contribution in [0, 0.1) is 16.0 Å². The highest BCUT2D eigenvalue weighted by Crippen LogP contribution is 2.30. The molecule has 0 saturated heterocycles. The molecule has 1 aromatic carbocycles. The summed E-state index contributed by atoms with van der Waals surface area (Å²) < 4.78 is 9.85. The van der Waals surface area contributed by atoms with Crippen molar-refractivity contribution >= 4 is 5.97 Å². The Morgan fingerprint density at radius 3 is 2.58 bits per heavy atom. The molecule has 1 aliphatic carbocycles. The Morgan fingerprint density at radius 2 is 1.92 bits per heavy atom. The standard InChI is InChI=1S/C16H24O2.C11H19NO6/c17-15(11-9-13-5-2-1-3-6-13)12-10-14-7-4-8-16(14)18;1-2-3-4-5-6-11(13)17-9-7-16-8-10-18-12(14)15/h1-3,5-6,14-18H,4,7-12H2;2-3H,4-10H2,1H3/b;3-2-/t14?,15-,16+;/m0./s1. The van der Waals surface area contributed by atoms with Crippen molar-refractivity contribution in [2.45, 2.75) is 83.3 Å². The van der Waals surface area contributed by atoms with Gasteiger partial charge in [0.15, 0.2) is 0 Å². The molecule has 1 aliphatic rings. The van der Waals surface area contributed by atoms with E-state index in [4.69, 9.17) is 9.47 Å². The fourth-order valence-electron chi connectivity index (χ4n) is 3.97. The number of nitrogens with zero attached hydrogens (tertiary/aromatic N) is 1. The van der Waals surface area contributed by atoms with Gasteiger partial charge < -0.3 is 24.5 Å². The molecule has 2 N–H and O–H groups in total. The number of aryl methyl sites for hydroxylation is 1. The maximum atomic E-state index is 11.2. The fraction of sp³-hybridized carbons (Fsp3) is 0.667. The number of aliphatic hydroxyl groups is 2. The molecule has 9 nitrogen and oxygen atoms in total. The normalized spacial score (nSPS) is 17.9. The monoisotopic (exact) mass is 509 g/mol. The Balaban J connectivity index is 0.000000360. The first-order chi connectivity index (χ1) is 17.4. The van der Waals surface area contributed by atoms with Gasteiger partial charge in [-0.05, 0) is 69.8 Å². The van der Waals surface area contributed by atoms with Crippen LogP contribution in [0.5, 0.6) is 0 Å². The zero-order valence-corrected chi connectivity index (χ0v) is 21.5. The lowest BCUT2D eigenvalue weighted by Gasteiger charge is -2.16. The van der Waals surface area contributed by atoms with Crippen LogP contribution in [-0.4, -0.2) is 59.9 Å². The van der Waals surface area contributed by atoms with Crippen LogP contribution in [0.3, 0.4) is 0 Å². The van der Waals surface area contributed by atoms with Gasteiger partial charge in [0.2, 0.25) is 0 Å². The van der Waals surface area contributed by atoms with E-state index in [1.54, 1.807) is 0 Å². The maximum Gasteiger partial charge on any atom is 0.305 e. The van der Waals surface area contributed by atoms with Gasteiger partial charge in [-0.2, -0.15) is 0 Å². The van der Waals surface area contributed by atoms with Crippen LogP contribution in [0.4, 0.5) is 0 Å². The second-order valence-corrected chi connectivity index (χ2v) is 8.86. The highest BCUT2D eigenvalue weighted by molar-refractivity contribution is 5.69. The van der Waals surface area contributed by atoms with E-state index in [1.165, 1.54) is 5.56 Å². The third kappa shape index (κ3) is 17.0. The van der Waals surface area contributed by atoms with E-state index >= 15 is 0 Å². The van der Waals surface area contributed by atoms with Gasteiger partial charge in [0.05, 0.1) is 25.4 Å². The average Bonchev–Trinajstić information content (AvgIpc) is 3.29. The molecule has 3 atom stereocenters. The molecule has 0 heterocycles.